The number of amides is 1. The number of carbonyl (C=O) groups excluding carboxylic acids is 1. The highest BCUT2D eigenvalue weighted by molar-refractivity contribution is 5.80. The van der Waals surface area contributed by atoms with E-state index in [1.165, 1.54) is 5.56 Å². The average Bonchev–Trinajstić information content (AvgIpc) is 3.00. The molecular formula is C26H25NO3. The summed E-state index contributed by atoms with van der Waals surface area (Å²) >= 11 is 0. The molecule has 0 N–H and O–H groups in total. The van der Waals surface area contributed by atoms with Gasteiger partial charge < -0.3 is 14.4 Å². The van der Waals surface area contributed by atoms with Crippen LogP contribution in [-0.4, -0.2) is 37.8 Å². The number of fused-ring (bicyclic) bond motifs is 2. The number of benzene rings is 2. The van der Waals surface area contributed by atoms with Gasteiger partial charge in [-0.1, -0.05) is 72.8 Å². The molecule has 1 amide bonds. The summed E-state index contributed by atoms with van der Waals surface area (Å²) in [6.07, 6.45) is 7.78. The number of allylic oxidation sites excluding steroid dienone is 4. The highest BCUT2D eigenvalue weighted by atomic mass is 16.6. The molecule has 2 aliphatic carbocycles. The molecular weight excluding hydrogens is 374 g/mol. The minimum absolute atomic E-state index is 0.0206. The lowest BCUT2D eigenvalue weighted by Gasteiger charge is -2.25. The molecule has 0 aliphatic heterocycles. The molecule has 2 aromatic rings. The standard InChI is InChI=1S/C26H25NO3/c1-27(15-16-29-18-20-9-3-2-4-10-20)26(28)30-19-25-22-12-6-5-11-21(17-22)23-13-7-8-14-24(23)25/h2-14,25H,15-16,18-19H2,1H3. The molecule has 4 nitrogen and oxygen atoms in total. The SMILES string of the molecule is CN(CCOCc1ccccc1)C(=O)OCC1C2=C=C(C=CC=C2)c2ccccc21. The van der Waals surface area contributed by atoms with Gasteiger partial charge in [0, 0.05) is 24.7 Å². The molecule has 0 saturated carbocycles. The van der Waals surface area contributed by atoms with Crippen molar-refractivity contribution in [3.05, 3.63) is 107 Å². The maximum absolute atomic E-state index is 12.5. The van der Waals surface area contributed by atoms with E-state index >= 15 is 0 Å². The molecule has 152 valence electrons. The number of hydrogen-bond acceptors (Lipinski definition) is 3. The van der Waals surface area contributed by atoms with Gasteiger partial charge in [0.05, 0.1) is 19.1 Å². The average molecular weight is 399 g/mol. The lowest BCUT2D eigenvalue weighted by atomic mass is 9.82. The van der Waals surface area contributed by atoms with Gasteiger partial charge in [0.25, 0.3) is 0 Å². The lowest BCUT2D eigenvalue weighted by molar-refractivity contribution is 0.0767. The second-order valence-corrected chi connectivity index (χ2v) is 7.39. The van der Waals surface area contributed by atoms with E-state index in [1.54, 1.807) is 11.9 Å². The van der Waals surface area contributed by atoms with Crippen LogP contribution in [0.5, 0.6) is 0 Å². The van der Waals surface area contributed by atoms with E-state index in [-0.39, 0.29) is 18.6 Å². The number of nitrogens with zero attached hydrogens (tertiary/aromatic N) is 1. The number of hydrogen-bond donors (Lipinski definition) is 0. The first-order valence-corrected chi connectivity index (χ1v) is 10.2. The van der Waals surface area contributed by atoms with Crippen molar-refractivity contribution in [2.75, 3.05) is 26.8 Å². The van der Waals surface area contributed by atoms with Crippen LogP contribution in [0.4, 0.5) is 4.79 Å². The van der Waals surface area contributed by atoms with Crippen LogP contribution < -0.4 is 0 Å². The van der Waals surface area contributed by atoms with Crippen molar-refractivity contribution in [3.63, 3.8) is 0 Å². The first-order chi connectivity index (χ1) is 14.7. The fourth-order valence-corrected chi connectivity index (χ4v) is 3.63. The van der Waals surface area contributed by atoms with Gasteiger partial charge >= 0.3 is 6.09 Å². The molecule has 1 atom stereocenters. The van der Waals surface area contributed by atoms with Crippen LogP contribution in [0.1, 0.15) is 22.6 Å². The first-order valence-electron chi connectivity index (χ1n) is 10.2. The largest absolute Gasteiger partial charge is 0.448 e. The minimum Gasteiger partial charge on any atom is -0.448 e. The third kappa shape index (κ3) is 4.62. The monoisotopic (exact) mass is 399 g/mol. The Morgan fingerprint density at radius 1 is 1.03 bits per heavy atom. The van der Waals surface area contributed by atoms with Crippen LogP contribution in [0.3, 0.4) is 0 Å². The Bertz CT molecular complexity index is 1030. The van der Waals surface area contributed by atoms with E-state index in [0.29, 0.717) is 19.8 Å². The topological polar surface area (TPSA) is 38.8 Å². The van der Waals surface area contributed by atoms with E-state index in [2.05, 4.69) is 23.9 Å². The van der Waals surface area contributed by atoms with Crippen LogP contribution in [0.25, 0.3) is 5.57 Å². The van der Waals surface area contributed by atoms with Crippen molar-refractivity contribution in [3.8, 4) is 0 Å². The van der Waals surface area contributed by atoms with Crippen molar-refractivity contribution >= 4 is 11.7 Å². The van der Waals surface area contributed by atoms with E-state index in [9.17, 15) is 4.79 Å². The zero-order valence-corrected chi connectivity index (χ0v) is 17.1. The molecule has 0 spiro atoms. The Morgan fingerprint density at radius 2 is 1.80 bits per heavy atom. The number of carbonyl (C=O) groups is 1. The fourth-order valence-electron chi connectivity index (χ4n) is 3.63. The Labute approximate surface area is 177 Å². The Hall–Kier alpha value is -3.33. The van der Waals surface area contributed by atoms with Gasteiger partial charge in [-0.05, 0) is 22.8 Å². The summed E-state index contributed by atoms with van der Waals surface area (Å²) in [5.41, 5.74) is 9.00. The highest BCUT2D eigenvalue weighted by Gasteiger charge is 2.25. The Morgan fingerprint density at radius 3 is 2.67 bits per heavy atom. The molecule has 2 aromatic carbocycles. The van der Waals surface area contributed by atoms with E-state index in [0.717, 1.165) is 22.3 Å². The number of likely N-dealkylation sites (N-methyl/N-ethyl adjacent to an activating group) is 1. The number of rotatable bonds is 7. The molecule has 2 bridgehead atoms. The molecule has 4 heteroatoms. The zero-order valence-electron chi connectivity index (χ0n) is 17.1. The highest BCUT2D eigenvalue weighted by Crippen LogP contribution is 2.37. The first kappa shape index (κ1) is 20.0. The lowest BCUT2D eigenvalue weighted by Crippen LogP contribution is -2.32. The zero-order chi connectivity index (χ0) is 20.8. The summed E-state index contributed by atoms with van der Waals surface area (Å²) in [6, 6.07) is 18.2. The molecule has 0 radical (unpaired) electrons. The Balaban J connectivity index is 1.31. The van der Waals surface area contributed by atoms with E-state index in [4.69, 9.17) is 9.47 Å². The van der Waals surface area contributed by atoms with Gasteiger partial charge in [-0.25, -0.2) is 4.79 Å². The van der Waals surface area contributed by atoms with Gasteiger partial charge in [-0.2, -0.15) is 0 Å². The number of ether oxygens (including phenoxy) is 2. The smallest absolute Gasteiger partial charge is 0.409 e. The molecule has 2 aliphatic rings. The maximum Gasteiger partial charge on any atom is 0.409 e. The van der Waals surface area contributed by atoms with Crippen LogP contribution in [-0.2, 0) is 16.1 Å². The molecule has 0 saturated heterocycles. The summed E-state index contributed by atoms with van der Waals surface area (Å²) < 4.78 is 11.3. The summed E-state index contributed by atoms with van der Waals surface area (Å²) in [5, 5.41) is 0. The van der Waals surface area contributed by atoms with Gasteiger partial charge in [-0.15, -0.1) is 5.73 Å². The third-order valence-corrected chi connectivity index (χ3v) is 5.30. The fraction of sp³-hybridized carbons (Fsp3) is 0.231. The summed E-state index contributed by atoms with van der Waals surface area (Å²) in [6.45, 7) is 1.75. The van der Waals surface area contributed by atoms with Crippen LogP contribution >= 0.6 is 0 Å². The third-order valence-electron chi connectivity index (χ3n) is 5.30. The molecule has 0 aromatic heterocycles. The predicted octanol–water partition coefficient (Wildman–Crippen LogP) is 5.10. The van der Waals surface area contributed by atoms with Gasteiger partial charge in [0.15, 0.2) is 0 Å². The van der Waals surface area contributed by atoms with Gasteiger partial charge in [0.2, 0.25) is 0 Å². The Kier molecular flexibility index (Phi) is 6.29. The molecule has 0 heterocycles. The maximum atomic E-state index is 12.5. The van der Waals surface area contributed by atoms with Crippen molar-refractivity contribution in [2.24, 2.45) is 0 Å². The van der Waals surface area contributed by atoms with Crippen molar-refractivity contribution in [2.45, 2.75) is 12.5 Å². The minimum atomic E-state index is -0.345. The quantitative estimate of drug-likeness (QED) is 0.480. The van der Waals surface area contributed by atoms with Gasteiger partial charge in [0.1, 0.15) is 6.61 Å². The predicted molar refractivity (Wildman–Crippen MR) is 118 cm³/mol. The van der Waals surface area contributed by atoms with E-state index < -0.39 is 0 Å². The summed E-state index contributed by atoms with van der Waals surface area (Å²) in [5.74, 6) is -0.0206. The van der Waals surface area contributed by atoms with Crippen LogP contribution in [0.15, 0.2) is 90.2 Å². The summed E-state index contributed by atoms with van der Waals surface area (Å²) in [4.78, 5) is 14.0. The molecule has 1 unspecified atom stereocenters. The summed E-state index contributed by atoms with van der Waals surface area (Å²) in [7, 11) is 1.73. The van der Waals surface area contributed by atoms with Crippen molar-refractivity contribution in [1.82, 2.24) is 4.90 Å². The second kappa shape index (κ2) is 9.45. The van der Waals surface area contributed by atoms with Gasteiger partial charge in [-0.3, -0.25) is 0 Å². The van der Waals surface area contributed by atoms with Crippen molar-refractivity contribution < 1.29 is 14.3 Å². The van der Waals surface area contributed by atoms with E-state index in [1.807, 2.05) is 60.7 Å². The van der Waals surface area contributed by atoms with Crippen LogP contribution in [0, 0.1) is 0 Å². The molecule has 30 heavy (non-hydrogen) atoms. The normalized spacial score (nSPS) is 16.2. The molecule has 4 rings (SSSR count). The second-order valence-electron chi connectivity index (χ2n) is 7.39. The molecule has 0 fully saturated rings. The van der Waals surface area contributed by atoms with Crippen molar-refractivity contribution in [1.29, 1.82) is 0 Å². The van der Waals surface area contributed by atoms with Crippen LogP contribution in [0.2, 0.25) is 0 Å².